The Labute approximate surface area is 105 Å². The van der Waals surface area contributed by atoms with Crippen LogP contribution in [0.3, 0.4) is 0 Å². The van der Waals surface area contributed by atoms with E-state index in [0.29, 0.717) is 18.1 Å². The second kappa shape index (κ2) is 6.21. The summed E-state index contributed by atoms with van der Waals surface area (Å²) in [5, 5.41) is 22.4. The van der Waals surface area contributed by atoms with E-state index in [0.717, 1.165) is 5.75 Å². The van der Waals surface area contributed by atoms with E-state index >= 15 is 0 Å². The molecule has 2 heterocycles. The number of rotatable bonds is 7. The highest BCUT2D eigenvalue weighted by atomic mass is 32.2. The van der Waals surface area contributed by atoms with Crippen molar-refractivity contribution in [2.75, 3.05) is 30.0 Å². The molecule has 0 saturated heterocycles. The summed E-state index contributed by atoms with van der Waals surface area (Å²) >= 11 is 1.60. The molecule has 0 aliphatic heterocycles. The molecule has 0 aliphatic rings. The number of aliphatic hydroxyl groups is 1. The lowest BCUT2D eigenvalue weighted by Gasteiger charge is -2.01. The smallest absolute Gasteiger partial charge is 0.396 e. The summed E-state index contributed by atoms with van der Waals surface area (Å²) in [6, 6.07) is 0. The summed E-state index contributed by atoms with van der Waals surface area (Å²) in [5.41, 5.74) is 0.285. The number of hydrogen-bond donors (Lipinski definition) is 3. The van der Waals surface area contributed by atoms with Crippen molar-refractivity contribution in [3.05, 3.63) is 10.6 Å². The van der Waals surface area contributed by atoms with E-state index in [1.54, 1.807) is 11.8 Å². The van der Waals surface area contributed by atoms with Gasteiger partial charge in [0.25, 0.3) is 0 Å². The molecule has 3 N–H and O–H groups in total. The van der Waals surface area contributed by atoms with Gasteiger partial charge in [0, 0.05) is 18.1 Å². The first-order valence-electron chi connectivity index (χ1n) is 5.12. The standard InChI is InChI=1S/C8H11N5O4S/c14-2-4-18-3-1-9-6-5(11-17-13-6)7-10-8(15)16-12-7/h14H,1-4H2,(H,9,13)(H,10,12,15). The zero-order valence-electron chi connectivity index (χ0n) is 9.25. The van der Waals surface area contributed by atoms with Gasteiger partial charge >= 0.3 is 5.76 Å². The van der Waals surface area contributed by atoms with Crippen molar-refractivity contribution in [1.82, 2.24) is 20.5 Å². The van der Waals surface area contributed by atoms with Crippen molar-refractivity contribution in [3.8, 4) is 11.5 Å². The lowest BCUT2D eigenvalue weighted by Crippen LogP contribution is -2.06. The Hall–Kier alpha value is -1.81. The molecule has 0 unspecified atom stereocenters. The van der Waals surface area contributed by atoms with E-state index in [1.807, 2.05) is 0 Å². The molecule has 0 spiro atoms. The third-order valence-corrected chi connectivity index (χ3v) is 2.89. The molecule has 18 heavy (non-hydrogen) atoms. The molecule has 0 radical (unpaired) electrons. The third kappa shape index (κ3) is 3.11. The maximum Gasteiger partial charge on any atom is 0.439 e. The molecule has 0 saturated carbocycles. The average Bonchev–Trinajstić information content (AvgIpc) is 2.97. The molecule has 10 heteroatoms. The minimum atomic E-state index is -0.669. The Morgan fingerprint density at radius 3 is 2.94 bits per heavy atom. The van der Waals surface area contributed by atoms with Crippen molar-refractivity contribution in [2.24, 2.45) is 0 Å². The van der Waals surface area contributed by atoms with Crippen LogP contribution in [0.5, 0.6) is 0 Å². The molecule has 0 atom stereocenters. The highest BCUT2D eigenvalue weighted by Crippen LogP contribution is 2.19. The second-order valence-corrected chi connectivity index (χ2v) is 4.39. The van der Waals surface area contributed by atoms with Gasteiger partial charge in [0.2, 0.25) is 11.6 Å². The molecule has 0 aromatic carbocycles. The number of nitrogens with one attached hydrogen (secondary N) is 2. The van der Waals surface area contributed by atoms with E-state index < -0.39 is 5.76 Å². The maximum atomic E-state index is 10.8. The summed E-state index contributed by atoms with van der Waals surface area (Å²) in [5.74, 6) is 1.35. The van der Waals surface area contributed by atoms with Crippen LogP contribution in [-0.2, 0) is 0 Å². The Morgan fingerprint density at radius 1 is 1.33 bits per heavy atom. The molecule has 2 rings (SSSR count). The first kappa shape index (κ1) is 12.6. The van der Waals surface area contributed by atoms with Gasteiger partial charge in [-0.1, -0.05) is 5.16 Å². The number of anilines is 1. The van der Waals surface area contributed by atoms with E-state index in [2.05, 4.69) is 34.9 Å². The second-order valence-electron chi connectivity index (χ2n) is 3.17. The van der Waals surface area contributed by atoms with Gasteiger partial charge in [-0.05, 0) is 10.3 Å². The monoisotopic (exact) mass is 273 g/mol. The molecule has 98 valence electrons. The summed E-state index contributed by atoms with van der Waals surface area (Å²) in [4.78, 5) is 13.2. The molecular weight excluding hydrogens is 262 g/mol. The number of nitrogens with zero attached hydrogens (tertiary/aromatic N) is 3. The minimum absolute atomic E-state index is 0.154. The highest BCUT2D eigenvalue weighted by Gasteiger charge is 2.16. The predicted octanol–water partition coefficient (Wildman–Crippen LogP) is -0.450. The number of aromatic nitrogens is 4. The molecule has 0 bridgehead atoms. The van der Waals surface area contributed by atoms with Crippen LogP contribution in [0.1, 0.15) is 0 Å². The topological polar surface area (TPSA) is 130 Å². The Balaban J connectivity index is 1.94. The summed E-state index contributed by atoms with van der Waals surface area (Å²) < 4.78 is 8.95. The van der Waals surface area contributed by atoms with E-state index in [4.69, 9.17) is 5.11 Å². The number of aliphatic hydroxyl groups excluding tert-OH is 1. The van der Waals surface area contributed by atoms with Crippen molar-refractivity contribution >= 4 is 17.6 Å². The van der Waals surface area contributed by atoms with Crippen LogP contribution in [-0.4, -0.2) is 50.2 Å². The third-order valence-electron chi connectivity index (χ3n) is 1.93. The fraction of sp³-hybridized carbons (Fsp3) is 0.500. The van der Waals surface area contributed by atoms with Gasteiger partial charge in [0.15, 0.2) is 5.69 Å². The fourth-order valence-electron chi connectivity index (χ4n) is 1.20. The summed E-state index contributed by atoms with van der Waals surface area (Å²) in [6.45, 7) is 0.773. The molecular formula is C8H11N5O4S. The van der Waals surface area contributed by atoms with Crippen LogP contribution in [0, 0.1) is 0 Å². The minimum Gasteiger partial charge on any atom is -0.396 e. The summed E-state index contributed by atoms with van der Waals surface area (Å²) in [7, 11) is 0. The lowest BCUT2D eigenvalue weighted by atomic mass is 10.4. The molecule has 0 amide bonds. The maximum absolute atomic E-state index is 10.8. The van der Waals surface area contributed by atoms with Crippen LogP contribution >= 0.6 is 11.8 Å². The molecule has 2 aromatic rings. The Morgan fingerprint density at radius 2 is 2.22 bits per heavy atom. The summed E-state index contributed by atoms with van der Waals surface area (Å²) in [6.07, 6.45) is 0. The number of aromatic amines is 1. The van der Waals surface area contributed by atoms with Crippen LogP contribution < -0.4 is 11.1 Å². The molecule has 0 aliphatic carbocycles. The normalized spacial score (nSPS) is 10.7. The fourth-order valence-corrected chi connectivity index (χ4v) is 1.78. The number of thioether (sulfide) groups is 1. The van der Waals surface area contributed by atoms with Crippen LogP contribution in [0.15, 0.2) is 13.9 Å². The lowest BCUT2D eigenvalue weighted by molar-refractivity contribution is 0.309. The van der Waals surface area contributed by atoms with Gasteiger partial charge in [-0.2, -0.15) is 11.8 Å². The number of H-pyrrole nitrogens is 1. The van der Waals surface area contributed by atoms with Crippen molar-refractivity contribution in [2.45, 2.75) is 0 Å². The molecule has 9 nitrogen and oxygen atoms in total. The Kier molecular flexibility index (Phi) is 4.36. The molecule has 2 aromatic heterocycles. The van der Waals surface area contributed by atoms with Crippen molar-refractivity contribution < 1.29 is 14.3 Å². The van der Waals surface area contributed by atoms with Crippen molar-refractivity contribution in [1.29, 1.82) is 0 Å². The van der Waals surface area contributed by atoms with Gasteiger partial charge in [0.1, 0.15) is 0 Å². The zero-order chi connectivity index (χ0) is 12.8. The van der Waals surface area contributed by atoms with E-state index in [-0.39, 0.29) is 18.1 Å². The van der Waals surface area contributed by atoms with Gasteiger partial charge in [0.05, 0.1) is 6.61 Å². The number of hydrogen-bond acceptors (Lipinski definition) is 9. The van der Waals surface area contributed by atoms with Gasteiger partial charge in [-0.25, -0.2) is 9.42 Å². The first-order valence-corrected chi connectivity index (χ1v) is 6.28. The van der Waals surface area contributed by atoms with Crippen LogP contribution in [0.4, 0.5) is 5.82 Å². The SMILES string of the molecule is O=c1[nH]c(-c2nonc2NCCSCCO)no1. The average molecular weight is 273 g/mol. The predicted molar refractivity (Wildman–Crippen MR) is 63.3 cm³/mol. The van der Waals surface area contributed by atoms with Gasteiger partial charge < -0.3 is 10.4 Å². The van der Waals surface area contributed by atoms with Crippen LogP contribution in [0.25, 0.3) is 11.5 Å². The zero-order valence-corrected chi connectivity index (χ0v) is 10.1. The van der Waals surface area contributed by atoms with E-state index in [9.17, 15) is 4.79 Å². The largest absolute Gasteiger partial charge is 0.439 e. The quantitative estimate of drug-likeness (QED) is 0.574. The van der Waals surface area contributed by atoms with Crippen molar-refractivity contribution in [3.63, 3.8) is 0 Å². The Bertz CT molecular complexity index is 535. The van der Waals surface area contributed by atoms with E-state index in [1.165, 1.54) is 0 Å². The molecule has 0 fully saturated rings. The van der Waals surface area contributed by atoms with Gasteiger partial charge in [-0.3, -0.25) is 9.51 Å². The van der Waals surface area contributed by atoms with Gasteiger partial charge in [-0.15, -0.1) is 0 Å². The van der Waals surface area contributed by atoms with Crippen LogP contribution in [0.2, 0.25) is 0 Å². The highest BCUT2D eigenvalue weighted by molar-refractivity contribution is 7.99. The first-order chi connectivity index (χ1) is 8.81.